The molecule has 1 aromatic rings. The van der Waals surface area contributed by atoms with Crippen LogP contribution in [-0.2, 0) is 4.74 Å². The summed E-state index contributed by atoms with van der Waals surface area (Å²) in [6.45, 7) is 5.59. The Morgan fingerprint density at radius 3 is 3.14 bits per heavy atom. The predicted octanol–water partition coefficient (Wildman–Crippen LogP) is 1.13. The molecule has 1 aromatic heterocycles. The van der Waals surface area contributed by atoms with E-state index in [1.165, 1.54) is 0 Å². The molecule has 2 N–H and O–H groups in total. The van der Waals surface area contributed by atoms with E-state index in [1.807, 2.05) is 6.92 Å². The Bertz CT molecular complexity index is 481. The molecule has 6 nitrogen and oxygen atoms in total. The van der Waals surface area contributed by atoms with Crippen molar-refractivity contribution in [3.8, 4) is 0 Å². The summed E-state index contributed by atoms with van der Waals surface area (Å²) < 4.78 is 5.48. The number of hydrogen-bond acceptors (Lipinski definition) is 5. The van der Waals surface area contributed by atoms with Gasteiger partial charge in [-0.1, -0.05) is 6.92 Å². The van der Waals surface area contributed by atoms with Crippen molar-refractivity contribution in [1.82, 2.24) is 9.88 Å². The summed E-state index contributed by atoms with van der Waals surface area (Å²) in [6, 6.07) is 1.73. The summed E-state index contributed by atoms with van der Waals surface area (Å²) in [6.07, 6.45) is 3.97. The highest BCUT2D eigenvalue weighted by atomic mass is 16.5. The molecular weight excluding hydrogens is 270 g/mol. The van der Waals surface area contributed by atoms with Crippen LogP contribution >= 0.6 is 0 Å². The maximum atomic E-state index is 12.8. The fourth-order valence-corrected chi connectivity index (χ4v) is 2.35. The third-order valence-electron chi connectivity index (χ3n) is 3.59. The lowest BCUT2D eigenvalue weighted by Crippen LogP contribution is -2.52. The normalized spacial score (nSPS) is 22.1. The van der Waals surface area contributed by atoms with Gasteiger partial charge in [-0.2, -0.15) is 0 Å². The van der Waals surface area contributed by atoms with Crippen LogP contribution in [0, 0.1) is 0 Å². The highest BCUT2D eigenvalue weighted by Gasteiger charge is 2.30. The quantitative estimate of drug-likeness (QED) is 0.851. The smallest absolute Gasteiger partial charge is 0.256 e. The minimum atomic E-state index is -0.306. The molecule has 1 amide bonds. The van der Waals surface area contributed by atoms with Crippen LogP contribution in [0.4, 0.5) is 5.69 Å². The highest BCUT2D eigenvalue weighted by molar-refractivity contribution is 5.99. The fourth-order valence-electron chi connectivity index (χ4n) is 2.35. The van der Waals surface area contributed by atoms with Crippen molar-refractivity contribution < 1.29 is 14.6 Å². The van der Waals surface area contributed by atoms with Crippen molar-refractivity contribution in [3.05, 3.63) is 24.0 Å². The van der Waals surface area contributed by atoms with Gasteiger partial charge in [0.25, 0.3) is 5.91 Å². The molecule has 1 aliphatic heterocycles. The lowest BCUT2D eigenvalue weighted by atomic mass is 10.1. The number of carbonyl (C=O) groups is 1. The summed E-state index contributed by atoms with van der Waals surface area (Å²) >= 11 is 0. The van der Waals surface area contributed by atoms with E-state index in [1.54, 1.807) is 23.4 Å². The van der Waals surface area contributed by atoms with Gasteiger partial charge in [0.2, 0.25) is 0 Å². The summed E-state index contributed by atoms with van der Waals surface area (Å²) in [5.74, 6) is -0.0507. The van der Waals surface area contributed by atoms with E-state index in [2.05, 4.69) is 17.2 Å². The van der Waals surface area contributed by atoms with Crippen LogP contribution in [0.3, 0.4) is 0 Å². The molecule has 6 heteroatoms. The van der Waals surface area contributed by atoms with E-state index in [0.717, 1.165) is 18.7 Å². The molecule has 0 spiro atoms. The average molecular weight is 293 g/mol. The molecule has 21 heavy (non-hydrogen) atoms. The van der Waals surface area contributed by atoms with Crippen molar-refractivity contribution >= 4 is 11.6 Å². The summed E-state index contributed by atoms with van der Waals surface area (Å²) in [5.41, 5.74) is 1.37. The second kappa shape index (κ2) is 7.38. The molecule has 0 saturated carbocycles. The Morgan fingerprint density at radius 2 is 2.43 bits per heavy atom. The van der Waals surface area contributed by atoms with Gasteiger partial charge in [0.15, 0.2) is 0 Å². The number of carbonyl (C=O) groups excluding carboxylic acids is 1. The van der Waals surface area contributed by atoms with Gasteiger partial charge in [0, 0.05) is 19.3 Å². The Balaban J connectivity index is 2.18. The Kier molecular flexibility index (Phi) is 5.52. The number of nitrogens with one attached hydrogen (secondary N) is 1. The minimum Gasteiger partial charge on any atom is -0.394 e. The molecule has 2 unspecified atom stereocenters. The first-order chi connectivity index (χ1) is 10.2. The fraction of sp³-hybridized carbons (Fsp3) is 0.600. The third kappa shape index (κ3) is 3.71. The zero-order chi connectivity index (χ0) is 15.2. The van der Waals surface area contributed by atoms with Crippen LogP contribution in [0.1, 0.15) is 30.6 Å². The molecule has 0 aliphatic carbocycles. The van der Waals surface area contributed by atoms with Crippen LogP contribution in [0.2, 0.25) is 0 Å². The molecule has 1 saturated heterocycles. The summed E-state index contributed by atoms with van der Waals surface area (Å²) in [5, 5.41) is 12.5. The Labute approximate surface area is 125 Å². The number of anilines is 1. The third-order valence-corrected chi connectivity index (χ3v) is 3.59. The maximum absolute atomic E-state index is 12.8. The second-order valence-electron chi connectivity index (χ2n) is 5.29. The van der Waals surface area contributed by atoms with E-state index < -0.39 is 0 Å². The van der Waals surface area contributed by atoms with Gasteiger partial charge in [-0.3, -0.25) is 9.78 Å². The van der Waals surface area contributed by atoms with E-state index in [4.69, 9.17) is 4.74 Å². The van der Waals surface area contributed by atoms with Crippen LogP contribution in [0.25, 0.3) is 0 Å². The Hall–Kier alpha value is -1.66. The SMILES string of the molecule is CCCNc1cnccc1C(=O)N1CC(CO)OCC1C. The molecule has 1 fully saturated rings. The van der Waals surface area contributed by atoms with Crippen molar-refractivity contribution in [2.75, 3.05) is 31.6 Å². The largest absolute Gasteiger partial charge is 0.394 e. The van der Waals surface area contributed by atoms with Crippen molar-refractivity contribution in [3.63, 3.8) is 0 Å². The van der Waals surface area contributed by atoms with Gasteiger partial charge in [0.05, 0.1) is 42.8 Å². The van der Waals surface area contributed by atoms with Crippen LogP contribution in [0.15, 0.2) is 18.5 Å². The number of morpholine rings is 1. The zero-order valence-electron chi connectivity index (χ0n) is 12.6. The number of aliphatic hydroxyl groups excluding tert-OH is 1. The van der Waals surface area contributed by atoms with Crippen LogP contribution < -0.4 is 5.32 Å². The van der Waals surface area contributed by atoms with Crippen LogP contribution in [0.5, 0.6) is 0 Å². The number of ether oxygens (including phenoxy) is 1. The molecule has 0 bridgehead atoms. The van der Waals surface area contributed by atoms with E-state index in [0.29, 0.717) is 18.7 Å². The van der Waals surface area contributed by atoms with E-state index in [-0.39, 0.29) is 24.7 Å². The second-order valence-corrected chi connectivity index (χ2v) is 5.29. The monoisotopic (exact) mass is 293 g/mol. The number of nitrogens with zero attached hydrogens (tertiary/aromatic N) is 2. The topological polar surface area (TPSA) is 74.7 Å². The number of amides is 1. The first-order valence-corrected chi connectivity index (χ1v) is 7.38. The number of aliphatic hydroxyl groups is 1. The first-order valence-electron chi connectivity index (χ1n) is 7.38. The molecule has 0 aromatic carbocycles. The summed E-state index contributed by atoms with van der Waals surface area (Å²) in [4.78, 5) is 18.6. The van der Waals surface area contributed by atoms with E-state index >= 15 is 0 Å². The molecule has 0 radical (unpaired) electrons. The average Bonchev–Trinajstić information content (AvgIpc) is 2.53. The zero-order valence-corrected chi connectivity index (χ0v) is 12.6. The number of hydrogen-bond donors (Lipinski definition) is 2. The maximum Gasteiger partial charge on any atom is 0.256 e. The first kappa shape index (κ1) is 15.7. The minimum absolute atomic E-state index is 0.00695. The van der Waals surface area contributed by atoms with Crippen LogP contribution in [-0.4, -0.2) is 59.3 Å². The molecule has 2 heterocycles. The van der Waals surface area contributed by atoms with Gasteiger partial charge in [-0.05, 0) is 19.4 Å². The lowest BCUT2D eigenvalue weighted by molar-refractivity contribution is -0.0667. The number of pyridine rings is 1. The molecule has 2 rings (SSSR count). The van der Waals surface area contributed by atoms with E-state index in [9.17, 15) is 9.90 Å². The standard InChI is InChI=1S/C15H23N3O3/c1-3-5-17-14-7-16-6-4-13(14)15(20)18-8-12(9-19)21-10-11(18)2/h4,6-7,11-12,17,19H,3,5,8-10H2,1-2H3. The van der Waals surface area contributed by atoms with Gasteiger partial charge in [-0.25, -0.2) is 0 Å². The Morgan fingerprint density at radius 1 is 1.62 bits per heavy atom. The molecule has 2 atom stereocenters. The van der Waals surface area contributed by atoms with Crippen molar-refractivity contribution in [2.24, 2.45) is 0 Å². The predicted molar refractivity (Wildman–Crippen MR) is 80.3 cm³/mol. The molecule has 116 valence electrons. The van der Waals surface area contributed by atoms with Crippen molar-refractivity contribution in [1.29, 1.82) is 0 Å². The van der Waals surface area contributed by atoms with Gasteiger partial charge < -0.3 is 20.1 Å². The summed E-state index contributed by atoms with van der Waals surface area (Å²) in [7, 11) is 0. The molecular formula is C15H23N3O3. The van der Waals surface area contributed by atoms with Gasteiger partial charge >= 0.3 is 0 Å². The van der Waals surface area contributed by atoms with Gasteiger partial charge in [-0.15, -0.1) is 0 Å². The number of aromatic nitrogens is 1. The van der Waals surface area contributed by atoms with Crippen molar-refractivity contribution in [2.45, 2.75) is 32.4 Å². The number of rotatable bonds is 5. The van der Waals surface area contributed by atoms with Gasteiger partial charge in [0.1, 0.15) is 0 Å². The highest BCUT2D eigenvalue weighted by Crippen LogP contribution is 2.20. The lowest BCUT2D eigenvalue weighted by Gasteiger charge is -2.37. The molecule has 1 aliphatic rings.